The van der Waals surface area contributed by atoms with E-state index in [0.717, 1.165) is 17.7 Å². The van der Waals surface area contributed by atoms with Gasteiger partial charge in [-0.25, -0.2) is 23.2 Å². The zero-order chi connectivity index (χ0) is 24.7. The number of amides is 1. The van der Waals surface area contributed by atoms with Crippen LogP contribution >= 0.6 is 0 Å². The highest BCUT2D eigenvalue weighted by atomic mass is 19.2. The van der Waals surface area contributed by atoms with Crippen LogP contribution in [0.2, 0.25) is 0 Å². The van der Waals surface area contributed by atoms with Gasteiger partial charge in [-0.15, -0.1) is 5.10 Å². The number of rotatable bonds is 6. The number of pyridine rings is 1. The molecule has 1 unspecified atom stereocenters. The van der Waals surface area contributed by atoms with Gasteiger partial charge in [0.05, 0.1) is 23.9 Å². The Morgan fingerprint density at radius 3 is 2.63 bits per heavy atom. The summed E-state index contributed by atoms with van der Waals surface area (Å²) in [5.74, 6) is -2.49. The summed E-state index contributed by atoms with van der Waals surface area (Å²) < 4.78 is 31.9. The van der Waals surface area contributed by atoms with Crippen molar-refractivity contribution < 1.29 is 13.6 Å². The number of aromatic nitrogens is 5. The molecule has 0 aliphatic carbocycles. The van der Waals surface area contributed by atoms with Gasteiger partial charge in [0.2, 0.25) is 5.91 Å². The van der Waals surface area contributed by atoms with Crippen LogP contribution in [0.1, 0.15) is 25.5 Å². The van der Waals surface area contributed by atoms with Crippen molar-refractivity contribution in [3.63, 3.8) is 0 Å². The van der Waals surface area contributed by atoms with Crippen LogP contribution in [0.15, 0.2) is 71.9 Å². The predicted octanol–water partition coefficient (Wildman–Crippen LogP) is 4.01. The summed E-state index contributed by atoms with van der Waals surface area (Å²) in [4.78, 5) is 30.0. The first-order valence-electron chi connectivity index (χ1n) is 11.1. The van der Waals surface area contributed by atoms with Crippen molar-refractivity contribution in [3.8, 4) is 0 Å². The molecule has 178 valence electrons. The average Bonchev–Trinajstić information content (AvgIpc) is 3.35. The number of benzene rings is 2. The maximum absolute atomic E-state index is 13.9. The van der Waals surface area contributed by atoms with Crippen LogP contribution in [-0.4, -0.2) is 29.6 Å². The average molecular weight is 476 g/mol. The number of carbonyl (C=O) groups excluding carboxylic acids is 1. The van der Waals surface area contributed by atoms with E-state index in [1.807, 2.05) is 26.0 Å². The van der Waals surface area contributed by atoms with Crippen LogP contribution in [0.25, 0.3) is 16.7 Å². The molecule has 0 spiro atoms. The van der Waals surface area contributed by atoms with E-state index < -0.39 is 17.7 Å². The molecule has 8 nitrogen and oxygen atoms in total. The van der Waals surface area contributed by atoms with Gasteiger partial charge in [-0.1, -0.05) is 32.0 Å². The van der Waals surface area contributed by atoms with Crippen LogP contribution in [0.3, 0.4) is 0 Å². The fourth-order valence-electron chi connectivity index (χ4n) is 4.20. The smallest absolute Gasteiger partial charge is 0.324 e. The van der Waals surface area contributed by atoms with E-state index in [1.165, 1.54) is 15.4 Å². The second kappa shape index (κ2) is 8.79. The van der Waals surface area contributed by atoms with Crippen LogP contribution in [0.4, 0.5) is 14.5 Å². The third-order valence-electron chi connectivity index (χ3n) is 5.83. The fourth-order valence-corrected chi connectivity index (χ4v) is 4.20. The molecule has 0 aliphatic heterocycles. The van der Waals surface area contributed by atoms with Gasteiger partial charge in [0.25, 0.3) is 0 Å². The number of fused-ring (bicyclic) bond motifs is 2. The lowest BCUT2D eigenvalue weighted by atomic mass is 10.0. The standard InChI is InChI=1S/C25H22F2N6O2/c1-15(2)23(32-14-28-20-11-18(26)19(27)12-21(20)32)24(34)29-17-7-5-6-16(10-17)13-33-25(35)31-9-4-3-8-22(31)30-33/h3-12,14-15,23H,13H2,1-2H3,(H,29,34). The highest BCUT2D eigenvalue weighted by Gasteiger charge is 2.26. The Morgan fingerprint density at radius 2 is 1.86 bits per heavy atom. The van der Waals surface area contributed by atoms with Gasteiger partial charge >= 0.3 is 5.69 Å². The Hall–Kier alpha value is -4.34. The maximum Gasteiger partial charge on any atom is 0.350 e. The minimum atomic E-state index is -1.00. The molecule has 2 aromatic carbocycles. The van der Waals surface area contributed by atoms with Crippen molar-refractivity contribution in [2.75, 3.05) is 5.32 Å². The van der Waals surface area contributed by atoms with E-state index in [1.54, 1.807) is 41.1 Å². The van der Waals surface area contributed by atoms with Crippen molar-refractivity contribution in [3.05, 3.63) is 94.8 Å². The van der Waals surface area contributed by atoms with E-state index in [9.17, 15) is 18.4 Å². The Bertz CT molecular complexity index is 1620. The Kier molecular flexibility index (Phi) is 5.64. The molecule has 0 fully saturated rings. The molecule has 1 N–H and O–H groups in total. The lowest BCUT2D eigenvalue weighted by Gasteiger charge is -2.22. The lowest BCUT2D eigenvalue weighted by molar-refractivity contribution is -0.120. The van der Waals surface area contributed by atoms with Gasteiger partial charge in [-0.3, -0.25) is 9.20 Å². The zero-order valence-electron chi connectivity index (χ0n) is 19.0. The Labute approximate surface area is 198 Å². The zero-order valence-corrected chi connectivity index (χ0v) is 19.0. The third-order valence-corrected chi connectivity index (χ3v) is 5.83. The maximum atomic E-state index is 13.9. The van der Waals surface area contributed by atoms with Crippen LogP contribution in [-0.2, 0) is 11.3 Å². The van der Waals surface area contributed by atoms with Gasteiger partial charge in [0.15, 0.2) is 17.3 Å². The number of carbonyl (C=O) groups is 1. The summed E-state index contributed by atoms with van der Waals surface area (Å²) in [5, 5.41) is 7.24. The SMILES string of the molecule is CC(C)C(C(=O)Nc1cccc(Cn2nc3ccccn3c2=O)c1)n1cnc2cc(F)c(F)cc21. The molecule has 5 aromatic rings. The summed E-state index contributed by atoms with van der Waals surface area (Å²) >= 11 is 0. The van der Waals surface area contributed by atoms with E-state index in [4.69, 9.17) is 0 Å². The normalized spacial score (nSPS) is 12.5. The van der Waals surface area contributed by atoms with Crippen molar-refractivity contribution in [1.82, 2.24) is 23.7 Å². The summed E-state index contributed by atoms with van der Waals surface area (Å²) in [7, 11) is 0. The highest BCUT2D eigenvalue weighted by molar-refractivity contribution is 5.95. The first-order valence-corrected chi connectivity index (χ1v) is 11.1. The van der Waals surface area contributed by atoms with Gasteiger partial charge in [0, 0.05) is 24.0 Å². The molecule has 1 atom stereocenters. The number of imidazole rings is 1. The number of halogens is 2. The van der Waals surface area contributed by atoms with E-state index in [0.29, 0.717) is 16.9 Å². The van der Waals surface area contributed by atoms with Crippen LogP contribution < -0.4 is 11.0 Å². The highest BCUT2D eigenvalue weighted by Crippen LogP contribution is 2.27. The topological polar surface area (TPSA) is 86.2 Å². The van der Waals surface area contributed by atoms with E-state index in [2.05, 4.69) is 15.4 Å². The minimum Gasteiger partial charge on any atom is -0.324 e. The van der Waals surface area contributed by atoms with Crippen molar-refractivity contribution >= 4 is 28.3 Å². The first-order chi connectivity index (χ1) is 16.8. The Balaban J connectivity index is 1.41. The molecule has 3 heterocycles. The molecular weight excluding hydrogens is 454 g/mol. The molecule has 0 radical (unpaired) electrons. The number of nitrogens with zero attached hydrogens (tertiary/aromatic N) is 5. The van der Waals surface area contributed by atoms with Gasteiger partial charge in [-0.2, -0.15) is 0 Å². The molecule has 5 rings (SSSR count). The molecule has 0 bridgehead atoms. The fraction of sp³-hybridized carbons (Fsp3) is 0.200. The summed E-state index contributed by atoms with van der Waals surface area (Å²) in [6, 6.07) is 13.8. The number of nitrogens with one attached hydrogen (secondary N) is 1. The van der Waals surface area contributed by atoms with Gasteiger partial charge < -0.3 is 9.88 Å². The second-order valence-corrected chi connectivity index (χ2v) is 8.65. The largest absolute Gasteiger partial charge is 0.350 e. The summed E-state index contributed by atoms with van der Waals surface area (Å²) in [6.07, 6.45) is 3.07. The van der Waals surface area contributed by atoms with Crippen LogP contribution in [0.5, 0.6) is 0 Å². The van der Waals surface area contributed by atoms with Gasteiger partial charge in [0.1, 0.15) is 6.04 Å². The Morgan fingerprint density at radius 1 is 1.06 bits per heavy atom. The molecule has 1 amide bonds. The predicted molar refractivity (Wildman–Crippen MR) is 127 cm³/mol. The molecule has 35 heavy (non-hydrogen) atoms. The second-order valence-electron chi connectivity index (χ2n) is 8.65. The summed E-state index contributed by atoms with van der Waals surface area (Å²) in [6.45, 7) is 3.96. The van der Waals surface area contributed by atoms with Crippen molar-refractivity contribution in [2.24, 2.45) is 5.92 Å². The summed E-state index contributed by atoms with van der Waals surface area (Å²) in [5.41, 5.74) is 2.20. The first kappa shape index (κ1) is 22.5. The van der Waals surface area contributed by atoms with Gasteiger partial charge in [-0.05, 0) is 35.7 Å². The number of anilines is 1. The van der Waals surface area contributed by atoms with Crippen molar-refractivity contribution in [1.29, 1.82) is 0 Å². The minimum absolute atomic E-state index is 0.166. The monoisotopic (exact) mass is 476 g/mol. The third kappa shape index (κ3) is 4.18. The molecule has 0 aliphatic rings. The van der Waals surface area contributed by atoms with Crippen molar-refractivity contribution in [2.45, 2.75) is 26.4 Å². The molecular formula is C25H22F2N6O2. The van der Waals surface area contributed by atoms with E-state index in [-0.39, 0.29) is 29.6 Å². The number of hydrogen-bond acceptors (Lipinski definition) is 4. The van der Waals surface area contributed by atoms with Crippen LogP contribution in [0, 0.1) is 17.6 Å². The number of hydrogen-bond donors (Lipinski definition) is 1. The molecule has 0 saturated heterocycles. The lowest BCUT2D eigenvalue weighted by Crippen LogP contribution is -2.29. The molecule has 0 saturated carbocycles. The quantitative estimate of drug-likeness (QED) is 0.401. The molecule has 10 heteroatoms. The molecule has 3 aromatic heterocycles. The van der Waals surface area contributed by atoms with E-state index >= 15 is 0 Å².